The summed E-state index contributed by atoms with van der Waals surface area (Å²) in [6, 6.07) is 4.15. The number of halogens is 1. The number of hydrogen-bond donors (Lipinski definition) is 3. The highest BCUT2D eigenvalue weighted by atomic mass is 127. The second-order valence-corrected chi connectivity index (χ2v) is 4.74. The van der Waals surface area contributed by atoms with Crippen molar-refractivity contribution >= 4 is 40.2 Å². The molecule has 0 radical (unpaired) electrons. The molecule has 0 aromatic heterocycles. The largest absolute Gasteiger partial charge is 0.478 e. The van der Waals surface area contributed by atoms with Gasteiger partial charge >= 0.3 is 5.97 Å². The molecule has 6 heteroatoms. The second-order valence-electron chi connectivity index (χ2n) is 3.50. The number of aromatic carboxylic acids is 1. The van der Waals surface area contributed by atoms with Crippen LogP contribution in [-0.4, -0.2) is 23.0 Å². The maximum atomic E-state index is 11.6. The average molecular weight is 348 g/mol. The maximum Gasteiger partial charge on any atom is 0.337 e. The van der Waals surface area contributed by atoms with Gasteiger partial charge in [-0.3, -0.25) is 4.79 Å². The van der Waals surface area contributed by atoms with Crippen molar-refractivity contribution in [2.75, 3.05) is 5.32 Å². The van der Waals surface area contributed by atoms with Gasteiger partial charge in [-0.2, -0.15) is 0 Å². The molecule has 1 amide bonds. The van der Waals surface area contributed by atoms with Gasteiger partial charge in [0.15, 0.2) is 0 Å². The summed E-state index contributed by atoms with van der Waals surface area (Å²) in [5.41, 5.74) is 5.89. The van der Waals surface area contributed by atoms with Gasteiger partial charge in [0.2, 0.25) is 5.91 Å². The van der Waals surface area contributed by atoms with Crippen molar-refractivity contribution in [1.82, 2.24) is 0 Å². The Morgan fingerprint density at radius 3 is 2.71 bits per heavy atom. The monoisotopic (exact) mass is 348 g/mol. The van der Waals surface area contributed by atoms with Crippen molar-refractivity contribution in [1.29, 1.82) is 0 Å². The summed E-state index contributed by atoms with van der Waals surface area (Å²) in [6.07, 6.45) is 0.499. The lowest BCUT2D eigenvalue weighted by Crippen LogP contribution is -2.35. The highest BCUT2D eigenvalue weighted by molar-refractivity contribution is 14.1. The molecule has 0 aliphatic heterocycles. The number of amides is 1. The van der Waals surface area contributed by atoms with Crippen LogP contribution in [0.5, 0.6) is 0 Å². The third-order valence-electron chi connectivity index (χ3n) is 2.25. The highest BCUT2D eigenvalue weighted by Gasteiger charge is 2.16. The lowest BCUT2D eigenvalue weighted by atomic mass is 10.1. The summed E-state index contributed by atoms with van der Waals surface area (Å²) in [5.74, 6) is -1.46. The van der Waals surface area contributed by atoms with Gasteiger partial charge in [-0.25, -0.2) is 4.79 Å². The molecule has 0 spiro atoms. The highest BCUT2D eigenvalue weighted by Crippen LogP contribution is 2.19. The van der Waals surface area contributed by atoms with E-state index in [-0.39, 0.29) is 17.2 Å². The van der Waals surface area contributed by atoms with E-state index in [4.69, 9.17) is 10.8 Å². The topological polar surface area (TPSA) is 92.4 Å². The van der Waals surface area contributed by atoms with Crippen molar-refractivity contribution in [3.05, 3.63) is 27.3 Å². The molecule has 92 valence electrons. The van der Waals surface area contributed by atoms with Gasteiger partial charge in [0.1, 0.15) is 0 Å². The maximum absolute atomic E-state index is 11.6. The molecular formula is C11H13IN2O3. The van der Waals surface area contributed by atoms with Gasteiger partial charge in [0.25, 0.3) is 0 Å². The van der Waals surface area contributed by atoms with Gasteiger partial charge in [-0.1, -0.05) is 6.92 Å². The first-order valence-electron chi connectivity index (χ1n) is 5.05. The Hall–Kier alpha value is -1.15. The van der Waals surface area contributed by atoms with Gasteiger partial charge in [-0.05, 0) is 47.2 Å². The third-order valence-corrected chi connectivity index (χ3v) is 2.92. The Morgan fingerprint density at radius 2 is 2.18 bits per heavy atom. The van der Waals surface area contributed by atoms with E-state index < -0.39 is 12.0 Å². The van der Waals surface area contributed by atoms with E-state index in [1.165, 1.54) is 6.07 Å². The molecular weight excluding hydrogens is 335 g/mol. The van der Waals surface area contributed by atoms with Crippen LogP contribution in [0, 0.1) is 3.57 Å². The lowest BCUT2D eigenvalue weighted by molar-refractivity contribution is -0.117. The summed E-state index contributed by atoms with van der Waals surface area (Å²) in [6.45, 7) is 1.79. The van der Waals surface area contributed by atoms with Crippen LogP contribution < -0.4 is 11.1 Å². The van der Waals surface area contributed by atoms with Crippen LogP contribution in [0.4, 0.5) is 5.69 Å². The number of benzene rings is 1. The van der Waals surface area contributed by atoms with Crippen LogP contribution in [0.15, 0.2) is 18.2 Å². The van der Waals surface area contributed by atoms with Gasteiger partial charge in [0, 0.05) is 3.57 Å². The zero-order chi connectivity index (χ0) is 13.0. The minimum atomic E-state index is -1.08. The minimum Gasteiger partial charge on any atom is -0.478 e. The Morgan fingerprint density at radius 1 is 1.53 bits per heavy atom. The van der Waals surface area contributed by atoms with Crippen LogP contribution >= 0.6 is 22.6 Å². The van der Waals surface area contributed by atoms with E-state index in [1.54, 1.807) is 19.1 Å². The SMILES string of the molecule is CC[C@@H](N)C(=O)Nc1ccc(I)cc1C(=O)O. The number of carbonyl (C=O) groups excluding carboxylic acids is 1. The zero-order valence-corrected chi connectivity index (χ0v) is 11.4. The Labute approximate surface area is 113 Å². The van der Waals surface area contributed by atoms with Crippen LogP contribution in [0.2, 0.25) is 0 Å². The normalized spacial score (nSPS) is 11.9. The molecule has 0 saturated carbocycles. The number of carboxylic acid groups (broad SMARTS) is 1. The van der Waals surface area contributed by atoms with E-state index in [2.05, 4.69) is 5.32 Å². The van der Waals surface area contributed by atoms with Crippen molar-refractivity contribution in [3.8, 4) is 0 Å². The van der Waals surface area contributed by atoms with E-state index >= 15 is 0 Å². The number of carbonyl (C=O) groups is 2. The second kappa shape index (κ2) is 5.97. The molecule has 17 heavy (non-hydrogen) atoms. The van der Waals surface area contributed by atoms with Crippen molar-refractivity contribution in [2.45, 2.75) is 19.4 Å². The van der Waals surface area contributed by atoms with Gasteiger partial charge < -0.3 is 16.2 Å². The Kier molecular flexibility index (Phi) is 4.88. The fraction of sp³-hybridized carbons (Fsp3) is 0.273. The Balaban J connectivity index is 2.98. The molecule has 0 saturated heterocycles. The predicted molar refractivity (Wildman–Crippen MR) is 73.0 cm³/mol. The quantitative estimate of drug-likeness (QED) is 0.722. The lowest BCUT2D eigenvalue weighted by Gasteiger charge is -2.12. The van der Waals surface area contributed by atoms with E-state index in [0.29, 0.717) is 6.42 Å². The number of nitrogens with two attached hydrogens (primary N) is 1. The predicted octanol–water partition coefficient (Wildman–Crippen LogP) is 1.67. The molecule has 4 N–H and O–H groups in total. The third kappa shape index (κ3) is 3.67. The molecule has 0 aliphatic rings. The van der Waals surface area contributed by atoms with E-state index in [9.17, 15) is 9.59 Å². The van der Waals surface area contributed by atoms with Gasteiger partial charge in [0.05, 0.1) is 17.3 Å². The Bertz CT molecular complexity index is 448. The van der Waals surface area contributed by atoms with E-state index in [1.807, 2.05) is 22.6 Å². The molecule has 1 atom stereocenters. The first-order chi connectivity index (χ1) is 7.95. The average Bonchev–Trinajstić information content (AvgIpc) is 2.29. The fourth-order valence-corrected chi connectivity index (χ4v) is 1.70. The van der Waals surface area contributed by atoms with Crippen LogP contribution in [-0.2, 0) is 4.79 Å². The molecule has 0 aliphatic carbocycles. The summed E-state index contributed by atoms with van der Waals surface area (Å²) in [7, 11) is 0. The van der Waals surface area contributed by atoms with Crippen molar-refractivity contribution in [3.63, 3.8) is 0 Å². The summed E-state index contributed by atoms with van der Waals surface area (Å²) in [5, 5.41) is 11.5. The minimum absolute atomic E-state index is 0.0635. The first-order valence-corrected chi connectivity index (χ1v) is 6.12. The molecule has 0 heterocycles. The number of anilines is 1. The molecule has 0 unspecified atom stereocenters. The summed E-state index contributed by atoms with van der Waals surface area (Å²) in [4.78, 5) is 22.6. The van der Waals surface area contributed by atoms with Crippen LogP contribution in [0.1, 0.15) is 23.7 Å². The molecule has 1 aromatic carbocycles. The van der Waals surface area contributed by atoms with Crippen molar-refractivity contribution < 1.29 is 14.7 Å². The number of nitrogens with one attached hydrogen (secondary N) is 1. The van der Waals surface area contributed by atoms with Gasteiger partial charge in [-0.15, -0.1) is 0 Å². The van der Waals surface area contributed by atoms with Crippen molar-refractivity contribution in [2.24, 2.45) is 5.73 Å². The smallest absolute Gasteiger partial charge is 0.337 e. The summed E-state index contributed by atoms with van der Waals surface area (Å²) >= 11 is 2.01. The number of carboxylic acids is 1. The number of hydrogen-bond acceptors (Lipinski definition) is 3. The molecule has 1 rings (SSSR count). The van der Waals surface area contributed by atoms with Crippen LogP contribution in [0.25, 0.3) is 0 Å². The standard InChI is InChI=1S/C11H13IN2O3/c1-2-8(13)10(15)14-9-4-3-6(12)5-7(9)11(16)17/h3-5,8H,2,13H2,1H3,(H,14,15)(H,16,17)/t8-/m1/s1. The molecule has 0 fully saturated rings. The fourth-order valence-electron chi connectivity index (χ4n) is 1.21. The molecule has 5 nitrogen and oxygen atoms in total. The van der Waals surface area contributed by atoms with Crippen LogP contribution in [0.3, 0.4) is 0 Å². The number of rotatable bonds is 4. The zero-order valence-electron chi connectivity index (χ0n) is 9.24. The van der Waals surface area contributed by atoms with E-state index in [0.717, 1.165) is 3.57 Å². The molecule has 1 aromatic rings. The summed E-state index contributed by atoms with van der Waals surface area (Å²) < 4.78 is 0.790. The molecule has 0 bridgehead atoms. The first kappa shape index (κ1) is 13.9.